The Morgan fingerprint density at radius 3 is 2.50 bits per heavy atom. The van der Waals surface area contributed by atoms with Crippen molar-refractivity contribution >= 4 is 17.7 Å². The third-order valence-electron chi connectivity index (χ3n) is 4.97. The number of amides is 1. The molecule has 2 aliphatic carbocycles. The quantitative estimate of drug-likeness (QED) is 0.767. The summed E-state index contributed by atoms with van der Waals surface area (Å²) in [6.45, 7) is 7.51. The number of nitrogens with one attached hydrogen (secondary N) is 1. The minimum Gasteiger partial charge on any atom is -0.337 e. The highest BCUT2D eigenvalue weighted by Gasteiger charge is 2.37. The van der Waals surface area contributed by atoms with Gasteiger partial charge >= 0.3 is 0 Å². The maximum absolute atomic E-state index is 12.5. The highest BCUT2D eigenvalue weighted by atomic mass is 32.2. The van der Waals surface area contributed by atoms with Crippen LogP contribution in [-0.2, 0) is 4.79 Å². The number of hydrogen-bond acceptors (Lipinski definition) is 5. The Labute approximate surface area is 147 Å². The van der Waals surface area contributed by atoms with Crippen LogP contribution in [0.15, 0.2) is 5.16 Å². The van der Waals surface area contributed by atoms with Crippen LogP contribution in [-0.4, -0.2) is 31.5 Å². The highest BCUT2D eigenvalue weighted by molar-refractivity contribution is 8.00. The minimum atomic E-state index is -0.852. The van der Waals surface area contributed by atoms with Crippen molar-refractivity contribution in [1.82, 2.24) is 20.1 Å². The van der Waals surface area contributed by atoms with E-state index in [9.17, 15) is 10.1 Å². The van der Waals surface area contributed by atoms with Gasteiger partial charge in [-0.25, -0.2) is 0 Å². The van der Waals surface area contributed by atoms with Crippen LogP contribution in [0.1, 0.15) is 71.2 Å². The second-order valence-corrected chi connectivity index (χ2v) is 8.74. The second kappa shape index (κ2) is 6.40. The zero-order valence-electron chi connectivity index (χ0n) is 14.7. The maximum atomic E-state index is 12.5. The molecule has 130 valence electrons. The summed E-state index contributed by atoms with van der Waals surface area (Å²) in [5.74, 6) is 1.56. The first-order valence-corrected chi connectivity index (χ1v) is 9.58. The van der Waals surface area contributed by atoms with E-state index in [4.69, 9.17) is 0 Å². The molecule has 24 heavy (non-hydrogen) atoms. The number of nitrogens with zero attached hydrogens (tertiary/aromatic N) is 4. The molecular weight excluding hydrogens is 322 g/mol. The number of hydrogen-bond donors (Lipinski definition) is 1. The Morgan fingerprint density at radius 1 is 1.33 bits per heavy atom. The topological polar surface area (TPSA) is 83.6 Å². The molecule has 2 saturated carbocycles. The van der Waals surface area contributed by atoms with E-state index in [0.29, 0.717) is 12.0 Å². The summed E-state index contributed by atoms with van der Waals surface area (Å²) in [7, 11) is 0. The van der Waals surface area contributed by atoms with Crippen molar-refractivity contribution in [2.24, 2.45) is 5.92 Å². The van der Waals surface area contributed by atoms with Gasteiger partial charge in [0.15, 0.2) is 5.16 Å². The van der Waals surface area contributed by atoms with Gasteiger partial charge in [0, 0.05) is 12.0 Å². The number of rotatable bonds is 7. The fourth-order valence-electron chi connectivity index (χ4n) is 2.54. The van der Waals surface area contributed by atoms with Gasteiger partial charge in [0.25, 0.3) is 0 Å². The molecule has 0 aromatic carbocycles. The molecule has 0 radical (unpaired) electrons. The summed E-state index contributed by atoms with van der Waals surface area (Å²) in [6.07, 6.45) is 4.73. The third-order valence-corrected chi connectivity index (χ3v) is 6.02. The second-order valence-electron chi connectivity index (χ2n) is 7.43. The van der Waals surface area contributed by atoms with Gasteiger partial charge in [-0.3, -0.25) is 4.79 Å². The lowest BCUT2D eigenvalue weighted by Crippen LogP contribution is -2.51. The van der Waals surface area contributed by atoms with E-state index in [1.54, 1.807) is 6.92 Å². The van der Waals surface area contributed by atoms with Crippen LogP contribution < -0.4 is 5.32 Å². The summed E-state index contributed by atoms with van der Waals surface area (Å²) in [4.78, 5) is 12.5. The molecule has 7 heteroatoms. The molecule has 2 fully saturated rings. The molecule has 6 nitrogen and oxygen atoms in total. The molecule has 2 aliphatic rings. The number of carbonyl (C=O) groups is 1. The van der Waals surface area contributed by atoms with Crippen molar-refractivity contribution in [3.63, 3.8) is 0 Å². The highest BCUT2D eigenvalue weighted by Crippen LogP contribution is 2.46. The van der Waals surface area contributed by atoms with Crippen molar-refractivity contribution < 1.29 is 4.79 Å². The number of aromatic nitrogens is 3. The van der Waals surface area contributed by atoms with Crippen LogP contribution in [0.5, 0.6) is 0 Å². The van der Waals surface area contributed by atoms with Gasteiger partial charge in [-0.2, -0.15) is 5.26 Å². The Hall–Kier alpha value is -1.55. The van der Waals surface area contributed by atoms with Crippen molar-refractivity contribution in [2.75, 3.05) is 0 Å². The Balaban J connectivity index is 1.70. The molecule has 1 heterocycles. The molecule has 2 atom stereocenters. The van der Waals surface area contributed by atoms with Gasteiger partial charge in [0.05, 0.1) is 11.3 Å². The average Bonchev–Trinajstić information content (AvgIpc) is 3.46. The fourth-order valence-corrected chi connectivity index (χ4v) is 3.46. The monoisotopic (exact) mass is 347 g/mol. The van der Waals surface area contributed by atoms with E-state index in [1.165, 1.54) is 37.4 Å². The summed E-state index contributed by atoms with van der Waals surface area (Å²) in [5, 5.41) is 21.5. The maximum Gasteiger partial charge on any atom is 0.234 e. The lowest BCUT2D eigenvalue weighted by Gasteiger charge is -2.28. The van der Waals surface area contributed by atoms with Crippen LogP contribution in [0.4, 0.5) is 0 Å². The van der Waals surface area contributed by atoms with Crippen molar-refractivity contribution in [3.05, 3.63) is 5.82 Å². The Morgan fingerprint density at radius 2 is 2.00 bits per heavy atom. The summed E-state index contributed by atoms with van der Waals surface area (Å²) in [5.41, 5.74) is -0.852. The number of thioether (sulfide) groups is 1. The van der Waals surface area contributed by atoms with E-state index >= 15 is 0 Å². The summed E-state index contributed by atoms with van der Waals surface area (Å²) in [6, 6.07) is 2.73. The van der Waals surface area contributed by atoms with Crippen LogP contribution >= 0.6 is 11.8 Å². The standard InChI is InChI=1S/C17H25N5OS/c1-10(2)17(4,9-18)19-15(23)11(3)24-16-21-20-14(12-5-6-12)22(16)13-7-8-13/h10-13H,5-8H2,1-4H3,(H,19,23)/t11-,17-/m1/s1. The first-order valence-electron chi connectivity index (χ1n) is 8.70. The van der Waals surface area contributed by atoms with Gasteiger partial charge in [0.2, 0.25) is 5.91 Å². The Bertz CT molecular complexity index is 671. The molecule has 1 aromatic heterocycles. The van der Waals surface area contributed by atoms with E-state index < -0.39 is 5.54 Å². The van der Waals surface area contributed by atoms with E-state index in [0.717, 1.165) is 11.0 Å². The molecular formula is C17H25N5OS. The predicted octanol–water partition coefficient (Wildman–Crippen LogP) is 3.03. The van der Waals surface area contributed by atoms with Crippen molar-refractivity contribution in [3.8, 4) is 6.07 Å². The van der Waals surface area contributed by atoms with Gasteiger partial charge in [-0.15, -0.1) is 10.2 Å². The number of carbonyl (C=O) groups excluding carboxylic acids is 1. The minimum absolute atomic E-state index is 0.0419. The molecule has 0 unspecified atom stereocenters. The largest absolute Gasteiger partial charge is 0.337 e. The van der Waals surface area contributed by atoms with Gasteiger partial charge in [-0.05, 0) is 45.4 Å². The molecule has 3 rings (SSSR count). The smallest absolute Gasteiger partial charge is 0.234 e. The molecule has 1 amide bonds. The van der Waals surface area contributed by atoms with Crippen LogP contribution in [0.25, 0.3) is 0 Å². The molecule has 1 N–H and O–H groups in total. The lowest BCUT2D eigenvalue weighted by molar-refractivity contribution is -0.121. The van der Waals surface area contributed by atoms with E-state index in [-0.39, 0.29) is 17.1 Å². The molecule has 1 aromatic rings. The zero-order valence-corrected chi connectivity index (χ0v) is 15.6. The fraction of sp³-hybridized carbons (Fsp3) is 0.765. The first kappa shape index (κ1) is 17.3. The predicted molar refractivity (Wildman–Crippen MR) is 92.6 cm³/mol. The van der Waals surface area contributed by atoms with Gasteiger partial charge < -0.3 is 9.88 Å². The third kappa shape index (κ3) is 3.44. The normalized spacial score (nSPS) is 21.2. The van der Waals surface area contributed by atoms with E-state index in [1.807, 2.05) is 20.8 Å². The van der Waals surface area contributed by atoms with Gasteiger partial charge in [0.1, 0.15) is 11.4 Å². The lowest BCUT2D eigenvalue weighted by atomic mass is 9.90. The SMILES string of the molecule is CC(C)[C@@](C)(C#N)NC(=O)[C@@H](C)Sc1nnc(C2CC2)n1C1CC1. The molecule has 0 aliphatic heterocycles. The van der Waals surface area contributed by atoms with Crippen molar-refractivity contribution in [1.29, 1.82) is 5.26 Å². The van der Waals surface area contributed by atoms with E-state index in [2.05, 4.69) is 26.2 Å². The summed E-state index contributed by atoms with van der Waals surface area (Å²) >= 11 is 1.44. The zero-order chi connectivity index (χ0) is 17.5. The summed E-state index contributed by atoms with van der Waals surface area (Å²) < 4.78 is 2.25. The van der Waals surface area contributed by atoms with Crippen molar-refractivity contribution in [2.45, 2.75) is 81.3 Å². The number of nitriles is 1. The van der Waals surface area contributed by atoms with Crippen LogP contribution in [0, 0.1) is 17.2 Å². The first-order chi connectivity index (χ1) is 11.4. The van der Waals surface area contributed by atoms with Gasteiger partial charge in [-0.1, -0.05) is 25.6 Å². The Kier molecular flexibility index (Phi) is 4.60. The van der Waals surface area contributed by atoms with Crippen LogP contribution in [0.3, 0.4) is 0 Å². The molecule has 0 spiro atoms. The van der Waals surface area contributed by atoms with Crippen LogP contribution in [0.2, 0.25) is 0 Å². The molecule has 0 bridgehead atoms. The average molecular weight is 347 g/mol. The molecule has 0 saturated heterocycles.